The Bertz CT molecular complexity index is 1100. The molecule has 0 unspecified atom stereocenters. The van der Waals surface area contributed by atoms with Gasteiger partial charge in [0.25, 0.3) is 0 Å². The quantitative estimate of drug-likeness (QED) is 0.397. The van der Waals surface area contributed by atoms with Gasteiger partial charge in [0.1, 0.15) is 17.8 Å². The molecule has 0 radical (unpaired) electrons. The van der Waals surface area contributed by atoms with Crippen LogP contribution >= 0.6 is 0 Å². The largest absolute Gasteiger partial charge is 0.467 e. The molecule has 134 valence electrons. The van der Waals surface area contributed by atoms with Crippen LogP contribution in [0.3, 0.4) is 0 Å². The van der Waals surface area contributed by atoms with Crippen LogP contribution in [-0.2, 0) is 6.54 Å². The van der Waals surface area contributed by atoms with Crippen molar-refractivity contribution in [2.24, 2.45) is 0 Å². The lowest BCUT2D eigenvalue weighted by Gasteiger charge is -2.09. The second kappa shape index (κ2) is 7.12. The summed E-state index contributed by atoms with van der Waals surface area (Å²) < 4.78 is 10.9. The van der Waals surface area contributed by atoms with Crippen LogP contribution in [0.1, 0.15) is 5.76 Å². The van der Waals surface area contributed by atoms with Gasteiger partial charge in [-0.15, -0.1) is 0 Å². The molecule has 0 aliphatic heterocycles. The predicted molar refractivity (Wildman–Crippen MR) is 98.7 cm³/mol. The van der Waals surface area contributed by atoms with E-state index in [4.69, 9.17) is 9.15 Å². The van der Waals surface area contributed by atoms with Crippen molar-refractivity contribution in [3.05, 3.63) is 83.1 Å². The van der Waals surface area contributed by atoms with Crippen molar-refractivity contribution < 1.29 is 14.1 Å². The molecule has 0 saturated heterocycles. The number of nitrogens with zero attached hydrogens (tertiary/aromatic N) is 3. The molecule has 8 nitrogen and oxygen atoms in total. The summed E-state index contributed by atoms with van der Waals surface area (Å²) in [6, 6.07) is 16.7. The van der Waals surface area contributed by atoms with Gasteiger partial charge in [0.05, 0.1) is 17.7 Å². The van der Waals surface area contributed by atoms with Crippen molar-refractivity contribution in [3.63, 3.8) is 0 Å². The third kappa shape index (κ3) is 3.54. The second-order valence-corrected chi connectivity index (χ2v) is 5.68. The fourth-order valence-electron chi connectivity index (χ4n) is 2.66. The topological polar surface area (TPSA) is 103 Å². The van der Waals surface area contributed by atoms with Crippen LogP contribution in [0.4, 0.5) is 11.5 Å². The molecule has 0 spiro atoms. The van der Waals surface area contributed by atoms with Crippen LogP contribution in [0.25, 0.3) is 10.8 Å². The summed E-state index contributed by atoms with van der Waals surface area (Å²) in [5.74, 6) is 1.00. The summed E-state index contributed by atoms with van der Waals surface area (Å²) in [5.41, 5.74) is -0.336. The van der Waals surface area contributed by atoms with Crippen LogP contribution in [0.5, 0.6) is 11.6 Å². The summed E-state index contributed by atoms with van der Waals surface area (Å²) in [5, 5.41) is 16.5. The lowest BCUT2D eigenvalue weighted by molar-refractivity contribution is -0.385. The average Bonchev–Trinajstić information content (AvgIpc) is 3.20. The lowest BCUT2D eigenvalue weighted by atomic mass is 10.1. The normalized spacial score (nSPS) is 10.7. The van der Waals surface area contributed by atoms with Gasteiger partial charge in [0.15, 0.2) is 0 Å². The highest BCUT2D eigenvalue weighted by atomic mass is 16.6. The first-order valence-corrected chi connectivity index (χ1v) is 8.13. The van der Waals surface area contributed by atoms with Crippen LogP contribution in [-0.4, -0.2) is 14.9 Å². The third-order valence-electron chi connectivity index (χ3n) is 3.92. The van der Waals surface area contributed by atoms with Gasteiger partial charge < -0.3 is 14.5 Å². The van der Waals surface area contributed by atoms with E-state index in [1.54, 1.807) is 24.3 Å². The Kier molecular flexibility index (Phi) is 4.36. The average molecular weight is 362 g/mol. The highest BCUT2D eigenvalue weighted by Gasteiger charge is 2.25. The fraction of sp³-hybridized carbons (Fsp3) is 0.0526. The number of fused-ring (bicyclic) bond motifs is 1. The molecule has 0 bridgehead atoms. The number of nitrogens with one attached hydrogen (secondary N) is 1. The monoisotopic (exact) mass is 362 g/mol. The number of aromatic nitrogens is 2. The molecule has 0 atom stereocenters. The Labute approximate surface area is 153 Å². The molecule has 1 N–H and O–H groups in total. The van der Waals surface area contributed by atoms with Crippen molar-refractivity contribution >= 4 is 22.3 Å². The van der Waals surface area contributed by atoms with Gasteiger partial charge in [-0.1, -0.05) is 30.3 Å². The zero-order valence-corrected chi connectivity index (χ0v) is 14.0. The minimum atomic E-state index is -0.569. The van der Waals surface area contributed by atoms with E-state index in [0.29, 0.717) is 11.5 Å². The Hall–Kier alpha value is -3.94. The summed E-state index contributed by atoms with van der Waals surface area (Å²) in [4.78, 5) is 18.9. The van der Waals surface area contributed by atoms with E-state index in [1.165, 1.54) is 12.6 Å². The molecule has 2 heterocycles. The highest BCUT2D eigenvalue weighted by Crippen LogP contribution is 2.35. The molecule has 0 aliphatic rings. The smallest absolute Gasteiger partial charge is 0.373 e. The molecular formula is C19H14N4O4. The minimum Gasteiger partial charge on any atom is -0.467 e. The maximum Gasteiger partial charge on any atom is 0.373 e. The van der Waals surface area contributed by atoms with Crippen molar-refractivity contribution in [3.8, 4) is 11.6 Å². The Morgan fingerprint density at radius 1 is 1.07 bits per heavy atom. The van der Waals surface area contributed by atoms with E-state index in [0.717, 1.165) is 10.8 Å². The summed E-state index contributed by atoms with van der Waals surface area (Å²) in [6.45, 7) is 0.250. The van der Waals surface area contributed by atoms with Gasteiger partial charge in [0.2, 0.25) is 5.82 Å². The Balaban J connectivity index is 1.64. The number of ether oxygens (including phenoxy) is 1. The molecule has 0 amide bonds. The number of anilines is 1. The van der Waals surface area contributed by atoms with Crippen LogP contribution < -0.4 is 10.1 Å². The summed E-state index contributed by atoms with van der Waals surface area (Å²) in [6.07, 6.45) is 2.74. The van der Waals surface area contributed by atoms with E-state index in [9.17, 15) is 10.1 Å². The van der Waals surface area contributed by atoms with E-state index in [1.807, 2.05) is 30.3 Å². The van der Waals surface area contributed by atoms with Crippen LogP contribution in [0, 0.1) is 10.1 Å². The molecule has 8 heteroatoms. The zero-order valence-electron chi connectivity index (χ0n) is 14.0. The molecule has 0 fully saturated rings. The van der Waals surface area contributed by atoms with Gasteiger partial charge in [-0.2, -0.15) is 4.98 Å². The first-order valence-electron chi connectivity index (χ1n) is 8.13. The van der Waals surface area contributed by atoms with Crippen LogP contribution in [0.15, 0.2) is 71.6 Å². The molecular weight excluding hydrogens is 348 g/mol. The van der Waals surface area contributed by atoms with E-state index in [2.05, 4.69) is 15.3 Å². The molecule has 4 aromatic rings. The summed E-state index contributed by atoms with van der Waals surface area (Å²) >= 11 is 0. The standard InChI is InChI=1S/C19H14N4O4/c24-23(25)17-18(20-11-16-6-3-9-26-16)21-12-22-19(17)27-15-8-7-13-4-1-2-5-14(13)10-15/h1-10,12H,11H2,(H,20,21,22). The van der Waals surface area contributed by atoms with Gasteiger partial charge in [0, 0.05) is 0 Å². The fourth-order valence-corrected chi connectivity index (χ4v) is 2.66. The van der Waals surface area contributed by atoms with E-state index >= 15 is 0 Å². The lowest BCUT2D eigenvalue weighted by Crippen LogP contribution is -2.06. The van der Waals surface area contributed by atoms with E-state index in [-0.39, 0.29) is 23.9 Å². The molecule has 0 aliphatic carbocycles. The van der Waals surface area contributed by atoms with Crippen molar-refractivity contribution in [1.29, 1.82) is 0 Å². The van der Waals surface area contributed by atoms with Gasteiger partial charge >= 0.3 is 11.6 Å². The van der Waals surface area contributed by atoms with Crippen LogP contribution in [0.2, 0.25) is 0 Å². The maximum atomic E-state index is 11.6. The minimum absolute atomic E-state index is 0.0576. The van der Waals surface area contributed by atoms with Gasteiger partial charge in [-0.05, 0) is 35.0 Å². The molecule has 4 rings (SSSR count). The summed E-state index contributed by atoms with van der Waals surface area (Å²) in [7, 11) is 0. The number of hydrogen-bond donors (Lipinski definition) is 1. The van der Waals surface area contributed by atoms with Crippen molar-refractivity contribution in [2.75, 3.05) is 5.32 Å². The molecule has 2 aromatic carbocycles. The first kappa shape index (κ1) is 16.5. The van der Waals surface area contributed by atoms with Gasteiger partial charge in [-0.3, -0.25) is 10.1 Å². The van der Waals surface area contributed by atoms with E-state index < -0.39 is 4.92 Å². The van der Waals surface area contributed by atoms with Crippen molar-refractivity contribution in [2.45, 2.75) is 6.54 Å². The number of hydrogen-bond acceptors (Lipinski definition) is 7. The molecule has 27 heavy (non-hydrogen) atoms. The highest BCUT2D eigenvalue weighted by molar-refractivity contribution is 5.83. The third-order valence-corrected chi connectivity index (χ3v) is 3.92. The molecule has 2 aromatic heterocycles. The first-order chi connectivity index (χ1) is 13.2. The van der Waals surface area contributed by atoms with Gasteiger partial charge in [-0.25, -0.2) is 4.98 Å². The maximum absolute atomic E-state index is 11.6. The number of rotatable bonds is 6. The number of furan rings is 1. The molecule has 0 saturated carbocycles. The second-order valence-electron chi connectivity index (χ2n) is 5.68. The SMILES string of the molecule is O=[N+]([O-])c1c(NCc2ccco2)ncnc1Oc1ccc2ccccc2c1. The zero-order chi connectivity index (χ0) is 18.6. The van der Waals surface area contributed by atoms with Crippen molar-refractivity contribution in [1.82, 2.24) is 9.97 Å². The number of nitro groups is 1. The Morgan fingerprint density at radius 2 is 1.93 bits per heavy atom. The number of benzene rings is 2. The predicted octanol–water partition coefficient (Wildman–Crippen LogP) is 4.54. The Morgan fingerprint density at radius 3 is 2.70 bits per heavy atom.